The van der Waals surface area contributed by atoms with Crippen LogP contribution in [0.4, 0.5) is 5.69 Å². The number of hydrogen-bond donors (Lipinski definition) is 0. The van der Waals surface area contributed by atoms with Crippen molar-refractivity contribution in [1.29, 1.82) is 0 Å². The predicted molar refractivity (Wildman–Crippen MR) is 53.5 cm³/mol. The Bertz CT molecular complexity index is 389. The van der Waals surface area contributed by atoms with Crippen LogP contribution in [0.2, 0.25) is 0 Å². The molecule has 0 radical (unpaired) electrons. The smallest absolute Gasteiger partial charge is 0.313 e. The first-order chi connectivity index (χ1) is 7.07. The van der Waals surface area contributed by atoms with Gasteiger partial charge in [0.05, 0.1) is 18.0 Å². The van der Waals surface area contributed by atoms with Gasteiger partial charge in [-0.1, -0.05) is 18.2 Å². The van der Waals surface area contributed by atoms with Gasteiger partial charge in [0.15, 0.2) is 0 Å². The van der Waals surface area contributed by atoms with Crippen LogP contribution in [0.15, 0.2) is 24.3 Å². The molecule has 5 nitrogen and oxygen atoms in total. The van der Waals surface area contributed by atoms with Crippen molar-refractivity contribution in [3.8, 4) is 0 Å². The molecule has 0 spiro atoms. The second kappa shape index (κ2) is 4.54. The Morgan fingerprint density at radius 2 is 2.07 bits per heavy atom. The Morgan fingerprint density at radius 1 is 1.47 bits per heavy atom. The summed E-state index contributed by atoms with van der Waals surface area (Å²) in [6.07, 6.45) is 0. The van der Waals surface area contributed by atoms with Crippen LogP contribution in [0.3, 0.4) is 0 Å². The van der Waals surface area contributed by atoms with Crippen LogP contribution >= 0.6 is 0 Å². The molecule has 1 aromatic carbocycles. The molecule has 0 heterocycles. The van der Waals surface area contributed by atoms with E-state index in [2.05, 4.69) is 4.74 Å². The number of ether oxygens (including phenoxy) is 1. The van der Waals surface area contributed by atoms with Gasteiger partial charge in [-0.15, -0.1) is 0 Å². The molecule has 5 heteroatoms. The molecule has 1 aromatic rings. The summed E-state index contributed by atoms with van der Waals surface area (Å²) < 4.78 is 4.54. The van der Waals surface area contributed by atoms with Gasteiger partial charge in [0.2, 0.25) is 0 Å². The van der Waals surface area contributed by atoms with E-state index >= 15 is 0 Å². The van der Waals surface area contributed by atoms with E-state index in [0.717, 1.165) is 0 Å². The van der Waals surface area contributed by atoms with Gasteiger partial charge in [-0.25, -0.2) is 0 Å². The minimum atomic E-state index is -0.628. The molecular weight excluding hydrogens is 198 g/mol. The zero-order chi connectivity index (χ0) is 11.4. The summed E-state index contributed by atoms with van der Waals surface area (Å²) in [5.74, 6) is -1.11. The second-order valence-corrected chi connectivity index (χ2v) is 3.06. The van der Waals surface area contributed by atoms with Crippen molar-refractivity contribution in [2.24, 2.45) is 0 Å². The normalized spacial score (nSPS) is 11.9. The third kappa shape index (κ3) is 2.31. The highest BCUT2D eigenvalue weighted by atomic mass is 16.6. The largest absolute Gasteiger partial charge is 0.469 e. The maximum Gasteiger partial charge on any atom is 0.313 e. The fourth-order valence-corrected chi connectivity index (χ4v) is 1.32. The number of carbonyl (C=O) groups is 1. The Morgan fingerprint density at radius 3 is 2.60 bits per heavy atom. The number of hydrogen-bond acceptors (Lipinski definition) is 4. The first-order valence-corrected chi connectivity index (χ1v) is 4.39. The number of rotatable bonds is 3. The number of nitro groups is 1. The number of carbonyl (C=O) groups excluding carboxylic acids is 1. The number of nitro benzene ring substituents is 1. The van der Waals surface area contributed by atoms with E-state index < -0.39 is 16.8 Å². The number of nitrogens with zero attached hydrogens (tertiary/aromatic N) is 1. The first kappa shape index (κ1) is 11.2. The predicted octanol–water partition coefficient (Wildman–Crippen LogP) is 1.87. The molecule has 0 amide bonds. The van der Waals surface area contributed by atoms with Gasteiger partial charge in [-0.3, -0.25) is 14.9 Å². The number of benzene rings is 1. The van der Waals surface area contributed by atoms with Crippen LogP contribution in [-0.2, 0) is 9.53 Å². The van der Waals surface area contributed by atoms with Gasteiger partial charge in [0, 0.05) is 11.6 Å². The van der Waals surface area contributed by atoms with Crippen LogP contribution in [0.5, 0.6) is 0 Å². The molecule has 0 aliphatic carbocycles. The topological polar surface area (TPSA) is 69.4 Å². The monoisotopic (exact) mass is 209 g/mol. The maximum absolute atomic E-state index is 11.2. The highest BCUT2D eigenvalue weighted by molar-refractivity contribution is 5.79. The quantitative estimate of drug-likeness (QED) is 0.433. The van der Waals surface area contributed by atoms with Gasteiger partial charge in [-0.05, 0) is 6.92 Å². The van der Waals surface area contributed by atoms with Crippen molar-refractivity contribution in [3.05, 3.63) is 39.9 Å². The van der Waals surface area contributed by atoms with Gasteiger partial charge >= 0.3 is 5.97 Å². The lowest BCUT2D eigenvalue weighted by Gasteiger charge is -2.09. The minimum Gasteiger partial charge on any atom is -0.469 e. The van der Waals surface area contributed by atoms with Crippen molar-refractivity contribution in [1.82, 2.24) is 0 Å². The van der Waals surface area contributed by atoms with E-state index in [1.165, 1.54) is 13.2 Å². The molecule has 0 saturated heterocycles. The average Bonchev–Trinajstić information content (AvgIpc) is 2.27. The Labute approximate surface area is 86.8 Å². The summed E-state index contributed by atoms with van der Waals surface area (Å²) in [5, 5.41) is 10.7. The summed E-state index contributed by atoms with van der Waals surface area (Å²) in [4.78, 5) is 21.4. The summed E-state index contributed by atoms with van der Waals surface area (Å²) >= 11 is 0. The summed E-state index contributed by atoms with van der Waals surface area (Å²) in [6.45, 7) is 1.58. The average molecular weight is 209 g/mol. The van der Waals surface area contributed by atoms with E-state index in [1.54, 1.807) is 25.1 Å². The number of para-hydroxylation sites is 1. The van der Waals surface area contributed by atoms with Crippen LogP contribution in [0, 0.1) is 10.1 Å². The fourth-order valence-electron chi connectivity index (χ4n) is 1.32. The minimum absolute atomic E-state index is 0.0598. The summed E-state index contributed by atoms with van der Waals surface area (Å²) in [7, 11) is 1.26. The molecule has 1 rings (SSSR count). The van der Waals surface area contributed by atoms with E-state index in [-0.39, 0.29) is 5.69 Å². The van der Waals surface area contributed by atoms with Crippen LogP contribution in [0.25, 0.3) is 0 Å². The molecule has 0 aromatic heterocycles. The lowest BCUT2D eigenvalue weighted by molar-refractivity contribution is -0.385. The first-order valence-electron chi connectivity index (χ1n) is 4.39. The SMILES string of the molecule is COC(=O)[C@H](C)c1ccccc1[N+](=O)[O-]. The molecule has 0 unspecified atom stereocenters. The lowest BCUT2D eigenvalue weighted by atomic mass is 10.00. The third-order valence-corrected chi connectivity index (χ3v) is 2.15. The molecule has 0 saturated carbocycles. The molecule has 80 valence electrons. The van der Waals surface area contributed by atoms with Crippen molar-refractivity contribution >= 4 is 11.7 Å². The molecule has 0 aliphatic rings. The standard InChI is InChI=1S/C10H11NO4/c1-7(10(12)15-2)8-5-3-4-6-9(8)11(13)14/h3-7H,1-2H3/t7-/m1/s1. The zero-order valence-corrected chi connectivity index (χ0v) is 8.47. The van der Waals surface area contributed by atoms with Crippen LogP contribution in [0.1, 0.15) is 18.4 Å². The van der Waals surface area contributed by atoms with Crippen molar-refractivity contribution in [2.45, 2.75) is 12.8 Å². The molecular formula is C10H11NO4. The molecule has 0 bridgehead atoms. The van der Waals surface area contributed by atoms with E-state index in [9.17, 15) is 14.9 Å². The molecule has 15 heavy (non-hydrogen) atoms. The second-order valence-electron chi connectivity index (χ2n) is 3.06. The molecule has 0 N–H and O–H groups in total. The maximum atomic E-state index is 11.2. The Hall–Kier alpha value is -1.91. The van der Waals surface area contributed by atoms with Gasteiger partial charge in [-0.2, -0.15) is 0 Å². The zero-order valence-electron chi connectivity index (χ0n) is 8.47. The van der Waals surface area contributed by atoms with Crippen LogP contribution in [-0.4, -0.2) is 18.0 Å². The molecule has 0 fully saturated rings. The Kier molecular flexibility index (Phi) is 3.38. The van der Waals surface area contributed by atoms with Crippen molar-refractivity contribution in [3.63, 3.8) is 0 Å². The number of esters is 1. The fraction of sp³-hybridized carbons (Fsp3) is 0.300. The number of methoxy groups -OCH3 is 1. The van der Waals surface area contributed by atoms with E-state index in [4.69, 9.17) is 0 Å². The van der Waals surface area contributed by atoms with Gasteiger partial charge in [0.25, 0.3) is 5.69 Å². The van der Waals surface area contributed by atoms with Gasteiger partial charge < -0.3 is 4.74 Å². The highest BCUT2D eigenvalue weighted by Gasteiger charge is 2.23. The Balaban J connectivity index is 3.13. The summed E-state index contributed by atoms with van der Waals surface area (Å²) in [6, 6.07) is 6.14. The van der Waals surface area contributed by atoms with E-state index in [1.807, 2.05) is 0 Å². The van der Waals surface area contributed by atoms with E-state index in [0.29, 0.717) is 5.56 Å². The lowest BCUT2D eigenvalue weighted by Crippen LogP contribution is -2.12. The van der Waals surface area contributed by atoms with Crippen molar-refractivity contribution in [2.75, 3.05) is 7.11 Å². The molecule has 1 atom stereocenters. The van der Waals surface area contributed by atoms with Crippen molar-refractivity contribution < 1.29 is 14.5 Å². The van der Waals surface area contributed by atoms with Crippen LogP contribution < -0.4 is 0 Å². The third-order valence-electron chi connectivity index (χ3n) is 2.15. The highest BCUT2D eigenvalue weighted by Crippen LogP contribution is 2.26. The van der Waals surface area contributed by atoms with Gasteiger partial charge in [0.1, 0.15) is 0 Å². The molecule has 0 aliphatic heterocycles. The summed E-state index contributed by atoms with van der Waals surface area (Å²) in [5.41, 5.74) is 0.310.